The van der Waals surface area contributed by atoms with Crippen LogP contribution in [-0.4, -0.2) is 0 Å². The molecular formula is C23H22. The van der Waals surface area contributed by atoms with E-state index in [0.717, 1.165) is 12.8 Å². The van der Waals surface area contributed by atoms with Crippen molar-refractivity contribution in [2.75, 3.05) is 0 Å². The number of rotatable bonds is 1. The molecular weight excluding hydrogens is 276 g/mol. The fourth-order valence-corrected chi connectivity index (χ4v) is 3.85. The standard InChI is InChI=1S/C23H22/c1-4-5-20-16(3)7-10-22-21(20)11-9-18-13-17-8-6-15(2)12-19(17)14-23(18)22/h4-6,8-9,11-14H,7,10H2,1-3H3/b5-4-. The van der Waals surface area contributed by atoms with Crippen molar-refractivity contribution in [2.24, 2.45) is 0 Å². The predicted molar refractivity (Wildman–Crippen MR) is 102 cm³/mol. The SMILES string of the molecule is C/C=C\C1=C(C)CCc2c1ccc1cc3ccc(C)cc3cc21. The van der Waals surface area contributed by atoms with Crippen LogP contribution in [-0.2, 0) is 6.42 Å². The van der Waals surface area contributed by atoms with Gasteiger partial charge in [-0.2, -0.15) is 0 Å². The lowest BCUT2D eigenvalue weighted by atomic mass is 9.83. The lowest BCUT2D eigenvalue weighted by Gasteiger charge is -2.22. The van der Waals surface area contributed by atoms with Crippen molar-refractivity contribution >= 4 is 27.1 Å². The van der Waals surface area contributed by atoms with Crippen LogP contribution in [0.5, 0.6) is 0 Å². The molecule has 0 aliphatic heterocycles. The molecule has 4 rings (SSSR count). The van der Waals surface area contributed by atoms with E-state index in [-0.39, 0.29) is 0 Å². The molecule has 0 heterocycles. The minimum atomic E-state index is 1.15. The number of fused-ring (bicyclic) bond motifs is 4. The highest BCUT2D eigenvalue weighted by atomic mass is 14.2. The molecule has 3 aromatic rings. The first kappa shape index (κ1) is 14.3. The van der Waals surface area contributed by atoms with Gasteiger partial charge < -0.3 is 0 Å². The smallest absolute Gasteiger partial charge is 0.0139 e. The van der Waals surface area contributed by atoms with Crippen molar-refractivity contribution in [3.63, 3.8) is 0 Å². The van der Waals surface area contributed by atoms with Gasteiger partial charge in [0.1, 0.15) is 0 Å². The van der Waals surface area contributed by atoms with E-state index in [1.165, 1.54) is 49.4 Å². The Bertz CT molecular complexity index is 984. The number of aryl methyl sites for hydroxylation is 2. The van der Waals surface area contributed by atoms with Crippen LogP contribution in [0.2, 0.25) is 0 Å². The molecule has 114 valence electrons. The summed E-state index contributed by atoms with van der Waals surface area (Å²) in [6.07, 6.45) is 6.74. The molecule has 0 bridgehead atoms. The highest BCUT2D eigenvalue weighted by molar-refractivity contribution is 6.02. The molecule has 0 heteroatoms. The molecule has 0 saturated heterocycles. The summed E-state index contributed by atoms with van der Waals surface area (Å²) in [5.41, 5.74) is 7.19. The topological polar surface area (TPSA) is 0 Å². The Morgan fingerprint density at radius 1 is 0.826 bits per heavy atom. The van der Waals surface area contributed by atoms with Crippen molar-refractivity contribution in [3.8, 4) is 0 Å². The molecule has 0 aromatic heterocycles. The van der Waals surface area contributed by atoms with Crippen molar-refractivity contribution < 1.29 is 0 Å². The molecule has 3 aromatic carbocycles. The molecule has 0 nitrogen and oxygen atoms in total. The normalized spacial score (nSPS) is 14.9. The van der Waals surface area contributed by atoms with Crippen LogP contribution in [0.15, 0.2) is 60.2 Å². The van der Waals surface area contributed by atoms with Gasteiger partial charge in [0.25, 0.3) is 0 Å². The lowest BCUT2D eigenvalue weighted by Crippen LogP contribution is -2.03. The van der Waals surface area contributed by atoms with Crippen LogP contribution in [0.4, 0.5) is 0 Å². The van der Waals surface area contributed by atoms with Gasteiger partial charge in [-0.1, -0.05) is 53.6 Å². The summed E-state index contributed by atoms with van der Waals surface area (Å²) < 4.78 is 0. The number of allylic oxidation sites excluding steroid dienone is 4. The summed E-state index contributed by atoms with van der Waals surface area (Å²) >= 11 is 0. The van der Waals surface area contributed by atoms with Gasteiger partial charge in [-0.25, -0.2) is 0 Å². The van der Waals surface area contributed by atoms with Gasteiger partial charge >= 0.3 is 0 Å². The van der Waals surface area contributed by atoms with E-state index in [1.807, 2.05) is 0 Å². The molecule has 1 aliphatic carbocycles. The number of hydrogen-bond acceptors (Lipinski definition) is 0. The Morgan fingerprint density at radius 3 is 2.48 bits per heavy atom. The van der Waals surface area contributed by atoms with Gasteiger partial charge in [-0.3, -0.25) is 0 Å². The molecule has 0 spiro atoms. The molecule has 1 aliphatic rings. The summed E-state index contributed by atoms with van der Waals surface area (Å²) in [7, 11) is 0. The van der Waals surface area contributed by atoms with Crippen molar-refractivity contribution in [1.29, 1.82) is 0 Å². The van der Waals surface area contributed by atoms with E-state index in [9.17, 15) is 0 Å². The Labute approximate surface area is 138 Å². The van der Waals surface area contributed by atoms with Gasteiger partial charge in [-0.05, 0) is 84.0 Å². The predicted octanol–water partition coefficient (Wildman–Crippen LogP) is 6.60. The van der Waals surface area contributed by atoms with E-state index in [4.69, 9.17) is 0 Å². The zero-order valence-electron chi connectivity index (χ0n) is 14.1. The average molecular weight is 298 g/mol. The first-order valence-electron chi connectivity index (χ1n) is 8.46. The van der Waals surface area contributed by atoms with Crippen LogP contribution in [0.25, 0.3) is 27.1 Å². The minimum absolute atomic E-state index is 1.15. The monoisotopic (exact) mass is 298 g/mol. The van der Waals surface area contributed by atoms with Crippen LogP contribution >= 0.6 is 0 Å². The van der Waals surface area contributed by atoms with E-state index >= 15 is 0 Å². The van der Waals surface area contributed by atoms with E-state index in [2.05, 4.69) is 75.4 Å². The van der Waals surface area contributed by atoms with Crippen LogP contribution in [0.1, 0.15) is 37.0 Å². The molecule has 0 saturated carbocycles. The zero-order valence-corrected chi connectivity index (χ0v) is 14.1. The second kappa shape index (κ2) is 5.38. The van der Waals surface area contributed by atoms with Crippen molar-refractivity contribution in [1.82, 2.24) is 0 Å². The largest absolute Gasteiger partial charge is 0.0870 e. The maximum absolute atomic E-state index is 2.39. The Morgan fingerprint density at radius 2 is 1.65 bits per heavy atom. The quantitative estimate of drug-likeness (QED) is 0.444. The van der Waals surface area contributed by atoms with Crippen molar-refractivity contribution in [3.05, 3.63) is 76.9 Å². The fraction of sp³-hybridized carbons (Fsp3) is 0.217. The highest BCUT2D eigenvalue weighted by Crippen LogP contribution is 2.37. The second-order valence-electron chi connectivity index (χ2n) is 6.71. The van der Waals surface area contributed by atoms with E-state index in [1.54, 1.807) is 0 Å². The highest BCUT2D eigenvalue weighted by Gasteiger charge is 2.17. The number of hydrogen-bond donors (Lipinski definition) is 0. The molecule has 0 amide bonds. The second-order valence-corrected chi connectivity index (χ2v) is 6.71. The molecule has 0 N–H and O–H groups in total. The first-order chi connectivity index (χ1) is 11.2. The lowest BCUT2D eigenvalue weighted by molar-refractivity contribution is 0.929. The third-order valence-corrected chi connectivity index (χ3v) is 5.08. The first-order valence-corrected chi connectivity index (χ1v) is 8.46. The Hall–Kier alpha value is -2.34. The molecule has 23 heavy (non-hydrogen) atoms. The Kier molecular flexibility index (Phi) is 3.34. The molecule has 0 fully saturated rings. The van der Waals surface area contributed by atoms with Crippen LogP contribution < -0.4 is 0 Å². The molecule has 0 atom stereocenters. The van der Waals surface area contributed by atoms with Gasteiger partial charge in [0.2, 0.25) is 0 Å². The van der Waals surface area contributed by atoms with Crippen LogP contribution in [0.3, 0.4) is 0 Å². The molecule has 0 radical (unpaired) electrons. The van der Waals surface area contributed by atoms with Gasteiger partial charge in [-0.15, -0.1) is 0 Å². The van der Waals surface area contributed by atoms with Gasteiger partial charge in [0, 0.05) is 0 Å². The summed E-state index contributed by atoms with van der Waals surface area (Å²) in [6.45, 7) is 6.54. The van der Waals surface area contributed by atoms with Gasteiger partial charge in [0.15, 0.2) is 0 Å². The third kappa shape index (κ3) is 2.30. The summed E-state index contributed by atoms with van der Waals surface area (Å²) in [6, 6.07) is 16.1. The van der Waals surface area contributed by atoms with E-state index in [0.29, 0.717) is 0 Å². The van der Waals surface area contributed by atoms with E-state index < -0.39 is 0 Å². The fourth-order valence-electron chi connectivity index (χ4n) is 3.85. The summed E-state index contributed by atoms with van der Waals surface area (Å²) in [5.74, 6) is 0. The van der Waals surface area contributed by atoms with Crippen molar-refractivity contribution in [2.45, 2.75) is 33.6 Å². The zero-order chi connectivity index (χ0) is 16.0. The maximum atomic E-state index is 2.39. The maximum Gasteiger partial charge on any atom is -0.0139 e. The minimum Gasteiger partial charge on any atom is -0.0870 e. The third-order valence-electron chi connectivity index (χ3n) is 5.08. The Balaban J connectivity index is 2.05. The van der Waals surface area contributed by atoms with Crippen LogP contribution in [0, 0.1) is 6.92 Å². The summed E-state index contributed by atoms with van der Waals surface area (Å²) in [5, 5.41) is 5.47. The molecule has 0 unspecified atom stereocenters. The summed E-state index contributed by atoms with van der Waals surface area (Å²) in [4.78, 5) is 0. The van der Waals surface area contributed by atoms with Gasteiger partial charge in [0.05, 0.1) is 0 Å². The average Bonchev–Trinajstić information content (AvgIpc) is 2.55. The number of benzene rings is 3.